The van der Waals surface area contributed by atoms with E-state index in [-0.39, 0.29) is 57.5 Å². The monoisotopic (exact) mass is 212 g/mol. The van der Waals surface area contributed by atoms with Gasteiger partial charge in [0.25, 0.3) is 0 Å². The van der Waals surface area contributed by atoms with Crippen molar-refractivity contribution in [3.05, 3.63) is 0 Å². The van der Waals surface area contributed by atoms with Crippen molar-refractivity contribution in [3.8, 4) is 0 Å². The van der Waals surface area contributed by atoms with E-state index in [0.29, 0.717) is 0 Å². The molecule has 0 aromatic rings. The predicted octanol–water partition coefficient (Wildman–Crippen LogP) is -2.75. The third-order valence-electron chi connectivity index (χ3n) is 0. The predicted molar refractivity (Wildman–Crippen MR) is 32.7 cm³/mol. The van der Waals surface area contributed by atoms with Crippen molar-refractivity contribution in [1.29, 1.82) is 0 Å². The van der Waals surface area contributed by atoms with Crippen molar-refractivity contribution in [2.24, 2.45) is 0 Å². The Morgan fingerprint density at radius 2 is 1.14 bits per heavy atom. The first kappa shape index (κ1) is 15.9. The van der Waals surface area contributed by atoms with Crippen LogP contribution in [0.5, 0.6) is 0 Å². The van der Waals surface area contributed by atoms with Gasteiger partial charge in [0.2, 0.25) is 0 Å². The third-order valence-corrected chi connectivity index (χ3v) is 0. The van der Waals surface area contributed by atoms with Gasteiger partial charge in [0, 0.05) is 0 Å². The molecule has 0 aliphatic rings. The van der Waals surface area contributed by atoms with Gasteiger partial charge in [-0.3, -0.25) is 9.11 Å². The van der Waals surface area contributed by atoms with Crippen molar-refractivity contribution in [2.75, 3.05) is 0 Å². The van der Waals surface area contributed by atoms with Crippen LogP contribution in [0.15, 0.2) is 0 Å². The zero-order valence-corrected chi connectivity index (χ0v) is 2.94. The van der Waals surface area contributed by atoms with Crippen LogP contribution in [-0.2, 0) is 10.4 Å². The van der Waals surface area contributed by atoms with Crippen molar-refractivity contribution < 1.29 is 17.5 Å². The van der Waals surface area contributed by atoms with Crippen molar-refractivity contribution in [1.82, 2.24) is 0 Å². The summed E-state index contributed by atoms with van der Waals surface area (Å²) in [6, 6.07) is 0. The molecule has 0 fully saturated rings. The SMILES string of the molecule is O=S(=O)(O)O.[CaH2].[GaH3]. The van der Waals surface area contributed by atoms with Crippen LogP contribution in [0, 0.1) is 0 Å². The molecule has 0 saturated heterocycles. The Labute approximate surface area is 84.3 Å². The van der Waals surface area contributed by atoms with Gasteiger partial charge < -0.3 is 0 Å². The molecule has 0 bridgehead atoms. The minimum atomic E-state index is -4.67. The fraction of sp³-hybridized carbons (Fsp3) is 0. The molecule has 0 atom stereocenters. The van der Waals surface area contributed by atoms with Gasteiger partial charge in [0.15, 0.2) is 0 Å². The second-order valence-corrected chi connectivity index (χ2v) is 1.34. The summed E-state index contributed by atoms with van der Waals surface area (Å²) in [5.41, 5.74) is 0. The number of rotatable bonds is 0. The molecule has 0 spiro atoms. The molecule has 7 heavy (non-hydrogen) atoms. The summed E-state index contributed by atoms with van der Waals surface area (Å²) in [5, 5.41) is 0. The van der Waals surface area contributed by atoms with Crippen LogP contribution >= 0.6 is 0 Å². The molecule has 0 aliphatic heterocycles. The summed E-state index contributed by atoms with van der Waals surface area (Å²) in [4.78, 5) is 0. The number of hydrogen-bond donors (Lipinski definition) is 2. The topological polar surface area (TPSA) is 74.6 Å². The van der Waals surface area contributed by atoms with E-state index in [9.17, 15) is 0 Å². The number of hydrogen-bond acceptors (Lipinski definition) is 2. The van der Waals surface area contributed by atoms with Gasteiger partial charge in [-0.25, -0.2) is 0 Å². The normalized spacial score (nSPS) is 8.29. The molecule has 0 saturated carbocycles. The van der Waals surface area contributed by atoms with E-state index < -0.39 is 10.4 Å². The van der Waals surface area contributed by atoms with Crippen molar-refractivity contribution in [2.45, 2.75) is 0 Å². The Morgan fingerprint density at radius 3 is 1.14 bits per heavy atom. The first-order valence-electron chi connectivity index (χ1n) is 0.698. The van der Waals surface area contributed by atoms with Gasteiger partial charge in [0.05, 0.1) is 0 Å². The van der Waals surface area contributed by atoms with E-state index in [1.807, 2.05) is 0 Å². The maximum absolute atomic E-state index is 8.74. The van der Waals surface area contributed by atoms with E-state index in [0.717, 1.165) is 0 Å². The van der Waals surface area contributed by atoms with Crippen LogP contribution in [0.1, 0.15) is 0 Å². The molecule has 0 aromatic carbocycles. The van der Waals surface area contributed by atoms with E-state index in [1.54, 1.807) is 0 Å². The molecule has 0 rings (SSSR count). The van der Waals surface area contributed by atoms with Crippen LogP contribution in [0.2, 0.25) is 0 Å². The fourth-order valence-electron chi connectivity index (χ4n) is 0. The van der Waals surface area contributed by atoms with E-state index >= 15 is 0 Å². The first-order chi connectivity index (χ1) is 2.00. The molecule has 2 N–H and O–H groups in total. The summed E-state index contributed by atoms with van der Waals surface area (Å²) < 4.78 is 31.6. The Hall–Kier alpha value is 1.77. The average molecular weight is 213 g/mol. The summed E-state index contributed by atoms with van der Waals surface area (Å²) in [6.45, 7) is 0. The molecule has 7 heteroatoms. The van der Waals surface area contributed by atoms with Crippen LogP contribution < -0.4 is 0 Å². The molecule has 0 amide bonds. The maximum atomic E-state index is 8.74. The molecule has 42 valence electrons. The van der Waals surface area contributed by atoms with Gasteiger partial charge in [-0.05, 0) is 0 Å². The third kappa shape index (κ3) is 82.8. The van der Waals surface area contributed by atoms with E-state index in [2.05, 4.69) is 0 Å². The van der Waals surface area contributed by atoms with Gasteiger partial charge in [-0.15, -0.1) is 0 Å². The summed E-state index contributed by atoms with van der Waals surface area (Å²) in [6.07, 6.45) is 0. The Bertz CT molecular complexity index is 94.9. The fourth-order valence-corrected chi connectivity index (χ4v) is 0. The summed E-state index contributed by atoms with van der Waals surface area (Å²) >= 11 is 0. The minimum absolute atomic E-state index is 0. The average Bonchev–Trinajstić information content (AvgIpc) is 0.722. The quantitative estimate of drug-likeness (QED) is 0.337. The van der Waals surface area contributed by atoms with Gasteiger partial charge >= 0.3 is 67.9 Å². The molecule has 0 unspecified atom stereocenters. The molecule has 0 aliphatic carbocycles. The first-order valence-corrected chi connectivity index (χ1v) is 2.10. The molecular weight excluding hydrogens is 206 g/mol. The zero-order chi connectivity index (χ0) is 4.50. The van der Waals surface area contributed by atoms with Gasteiger partial charge in [-0.1, -0.05) is 0 Å². The summed E-state index contributed by atoms with van der Waals surface area (Å²) in [7, 11) is -4.67. The van der Waals surface area contributed by atoms with Crippen LogP contribution in [0.4, 0.5) is 0 Å². The summed E-state index contributed by atoms with van der Waals surface area (Å²) in [5.74, 6) is 0. The van der Waals surface area contributed by atoms with Crippen LogP contribution in [-0.4, -0.2) is 75.1 Å². The van der Waals surface area contributed by atoms with Crippen molar-refractivity contribution in [3.63, 3.8) is 0 Å². The molecule has 4 nitrogen and oxygen atoms in total. The Kier molecular flexibility index (Phi) is 13.4. The van der Waals surface area contributed by atoms with Crippen LogP contribution in [0.3, 0.4) is 0 Å². The van der Waals surface area contributed by atoms with Crippen LogP contribution in [0.25, 0.3) is 0 Å². The molecule has 0 aromatic heterocycles. The van der Waals surface area contributed by atoms with E-state index in [1.165, 1.54) is 0 Å². The zero-order valence-electron chi connectivity index (χ0n) is 2.12. The molecule has 0 heterocycles. The van der Waals surface area contributed by atoms with Crippen molar-refractivity contribution >= 4 is 67.9 Å². The van der Waals surface area contributed by atoms with Gasteiger partial charge in [0.1, 0.15) is 0 Å². The molecular formula is H7CaGaO4S. The Balaban J connectivity index is -0.0000000800. The molecule has 0 radical (unpaired) electrons. The second-order valence-electron chi connectivity index (χ2n) is 0.448. The Morgan fingerprint density at radius 1 is 1.14 bits per heavy atom. The van der Waals surface area contributed by atoms with E-state index in [4.69, 9.17) is 17.5 Å². The van der Waals surface area contributed by atoms with Gasteiger partial charge in [-0.2, -0.15) is 8.42 Å². The second kappa shape index (κ2) is 5.89. The standard InChI is InChI=1S/Ca.Ga.H2O4S.5H/c;;1-5(2,3)4;;;;;/h;;(H2,1,2,3,4);;;;;.